The van der Waals surface area contributed by atoms with Crippen molar-refractivity contribution in [3.05, 3.63) is 65.2 Å². The average Bonchev–Trinajstić information content (AvgIpc) is 2.72. The van der Waals surface area contributed by atoms with Crippen molar-refractivity contribution in [2.24, 2.45) is 0 Å². The van der Waals surface area contributed by atoms with Gasteiger partial charge in [0.1, 0.15) is 5.60 Å². The van der Waals surface area contributed by atoms with Crippen LogP contribution in [0.5, 0.6) is 0 Å². The van der Waals surface area contributed by atoms with Gasteiger partial charge in [-0.2, -0.15) is 5.26 Å². The van der Waals surface area contributed by atoms with Crippen LogP contribution in [-0.4, -0.2) is 11.7 Å². The molecule has 4 heteroatoms. The third-order valence-electron chi connectivity index (χ3n) is 5.32. The Bertz CT molecular complexity index is 852. The van der Waals surface area contributed by atoms with E-state index in [0.717, 1.165) is 11.3 Å². The van der Waals surface area contributed by atoms with E-state index in [1.807, 2.05) is 20.8 Å². The lowest BCUT2D eigenvalue weighted by atomic mass is 9.84. The zero-order valence-corrected chi connectivity index (χ0v) is 17.6. The van der Waals surface area contributed by atoms with Gasteiger partial charge >= 0.3 is 6.09 Å². The number of carbonyl (C=O) groups excluding carboxylic acids is 1. The van der Waals surface area contributed by atoms with Crippen LogP contribution in [0.2, 0.25) is 0 Å². The van der Waals surface area contributed by atoms with Crippen LogP contribution in [0, 0.1) is 11.3 Å². The third kappa shape index (κ3) is 5.84. The Morgan fingerprint density at radius 2 is 1.66 bits per heavy atom. The summed E-state index contributed by atoms with van der Waals surface area (Å²) in [6.45, 7) is 6.01. The highest BCUT2D eigenvalue weighted by atomic mass is 16.6. The first-order valence-corrected chi connectivity index (χ1v) is 10.5. The first-order valence-electron chi connectivity index (χ1n) is 10.5. The van der Waals surface area contributed by atoms with Crippen molar-refractivity contribution < 1.29 is 9.53 Å². The summed E-state index contributed by atoms with van der Waals surface area (Å²) in [4.78, 5) is 14.5. The summed E-state index contributed by atoms with van der Waals surface area (Å²) in [5.74, 6) is 0.665. The minimum atomic E-state index is -0.577. The Morgan fingerprint density at radius 1 is 1.03 bits per heavy atom. The van der Waals surface area contributed by atoms with E-state index in [2.05, 4.69) is 30.3 Å². The Kier molecular flexibility index (Phi) is 6.59. The second-order valence-corrected chi connectivity index (χ2v) is 8.80. The highest BCUT2D eigenvalue weighted by Gasteiger charge is 2.24. The van der Waals surface area contributed by atoms with Crippen molar-refractivity contribution in [1.29, 1.82) is 5.26 Å². The quantitative estimate of drug-likeness (QED) is 0.595. The van der Waals surface area contributed by atoms with Gasteiger partial charge in [-0.3, -0.25) is 4.90 Å². The molecule has 152 valence electrons. The molecule has 29 heavy (non-hydrogen) atoms. The lowest BCUT2D eigenvalue weighted by molar-refractivity contribution is 0.0577. The molecule has 0 aromatic heterocycles. The summed E-state index contributed by atoms with van der Waals surface area (Å²) in [6.07, 6.45) is 6.14. The minimum Gasteiger partial charge on any atom is -0.443 e. The molecule has 0 spiro atoms. The zero-order chi connectivity index (χ0) is 20.9. The van der Waals surface area contributed by atoms with Crippen molar-refractivity contribution in [3.63, 3.8) is 0 Å². The molecule has 0 radical (unpaired) electrons. The fourth-order valence-corrected chi connectivity index (χ4v) is 3.81. The maximum absolute atomic E-state index is 12.9. The number of hydrogen-bond acceptors (Lipinski definition) is 3. The first kappa shape index (κ1) is 20.9. The van der Waals surface area contributed by atoms with Crippen LogP contribution in [0.1, 0.15) is 75.5 Å². The van der Waals surface area contributed by atoms with Crippen molar-refractivity contribution in [2.45, 2.75) is 70.9 Å². The topological polar surface area (TPSA) is 53.3 Å². The maximum atomic E-state index is 12.9. The Morgan fingerprint density at radius 3 is 2.21 bits per heavy atom. The van der Waals surface area contributed by atoms with Crippen molar-refractivity contribution in [3.8, 4) is 6.07 Å². The molecule has 3 rings (SSSR count). The Hall–Kier alpha value is -2.80. The third-order valence-corrected chi connectivity index (χ3v) is 5.32. The van der Waals surface area contributed by atoms with Crippen LogP contribution < -0.4 is 4.90 Å². The molecule has 1 amide bonds. The van der Waals surface area contributed by atoms with E-state index in [1.54, 1.807) is 29.2 Å². The second kappa shape index (κ2) is 9.13. The van der Waals surface area contributed by atoms with E-state index in [0.29, 0.717) is 18.0 Å². The molecular weight excluding hydrogens is 360 g/mol. The summed E-state index contributed by atoms with van der Waals surface area (Å²) >= 11 is 0. The van der Waals surface area contributed by atoms with Gasteiger partial charge in [0.2, 0.25) is 0 Å². The van der Waals surface area contributed by atoms with Gasteiger partial charge in [0.05, 0.1) is 18.2 Å². The summed E-state index contributed by atoms with van der Waals surface area (Å²) in [7, 11) is 0. The minimum absolute atomic E-state index is 0.390. The van der Waals surface area contributed by atoms with Crippen LogP contribution in [0.3, 0.4) is 0 Å². The molecule has 0 aliphatic heterocycles. The maximum Gasteiger partial charge on any atom is 0.415 e. The lowest BCUT2D eigenvalue weighted by Crippen LogP contribution is -2.36. The van der Waals surface area contributed by atoms with Gasteiger partial charge in [0, 0.05) is 5.69 Å². The van der Waals surface area contributed by atoms with Crippen LogP contribution in [-0.2, 0) is 11.3 Å². The summed E-state index contributed by atoms with van der Waals surface area (Å²) in [5, 5.41) is 9.04. The van der Waals surface area contributed by atoms with Crippen molar-refractivity contribution in [1.82, 2.24) is 0 Å². The molecule has 1 aliphatic carbocycles. The van der Waals surface area contributed by atoms with E-state index in [4.69, 9.17) is 10.00 Å². The van der Waals surface area contributed by atoms with Crippen LogP contribution in [0.15, 0.2) is 48.5 Å². The number of carbonyl (C=O) groups is 1. The van der Waals surface area contributed by atoms with Gasteiger partial charge in [-0.05, 0) is 74.9 Å². The van der Waals surface area contributed by atoms with Crippen LogP contribution in [0.4, 0.5) is 10.5 Å². The SMILES string of the molecule is CC(C)(C)OC(=O)N(Cc1ccc(C2CCCCC2)cc1)c1ccc(C#N)cc1. The second-order valence-electron chi connectivity index (χ2n) is 8.80. The number of nitrogens with zero attached hydrogens (tertiary/aromatic N) is 2. The van der Waals surface area contributed by atoms with E-state index in [1.165, 1.54) is 37.7 Å². The molecular formula is C25H30N2O2. The van der Waals surface area contributed by atoms with Crippen LogP contribution in [0.25, 0.3) is 0 Å². The van der Waals surface area contributed by atoms with Gasteiger partial charge in [0.15, 0.2) is 0 Å². The predicted molar refractivity (Wildman–Crippen MR) is 116 cm³/mol. The average molecular weight is 391 g/mol. The lowest BCUT2D eigenvalue weighted by Gasteiger charge is -2.28. The fourth-order valence-electron chi connectivity index (χ4n) is 3.81. The normalized spacial score (nSPS) is 14.8. The Balaban J connectivity index is 1.80. The monoisotopic (exact) mass is 390 g/mol. The molecule has 0 saturated heterocycles. The van der Waals surface area contributed by atoms with Gasteiger partial charge in [-0.1, -0.05) is 43.5 Å². The number of amides is 1. The predicted octanol–water partition coefficient (Wildman–Crippen LogP) is 6.55. The van der Waals surface area contributed by atoms with Gasteiger partial charge in [0.25, 0.3) is 0 Å². The molecule has 1 fully saturated rings. The van der Waals surface area contributed by atoms with Gasteiger partial charge < -0.3 is 4.74 Å². The summed E-state index contributed by atoms with van der Waals surface area (Å²) in [5.41, 5.74) is 3.16. The molecule has 1 aliphatic rings. The number of hydrogen-bond donors (Lipinski definition) is 0. The molecule has 2 aromatic rings. The molecule has 2 aromatic carbocycles. The van der Waals surface area contributed by atoms with E-state index < -0.39 is 11.7 Å². The number of anilines is 1. The summed E-state index contributed by atoms with van der Waals surface area (Å²) in [6, 6.07) is 17.8. The highest BCUT2D eigenvalue weighted by molar-refractivity contribution is 5.87. The number of nitriles is 1. The first-order chi connectivity index (χ1) is 13.9. The zero-order valence-electron chi connectivity index (χ0n) is 17.6. The van der Waals surface area contributed by atoms with E-state index in [9.17, 15) is 4.79 Å². The molecule has 1 saturated carbocycles. The van der Waals surface area contributed by atoms with Gasteiger partial charge in [-0.25, -0.2) is 4.79 Å². The molecule has 0 unspecified atom stereocenters. The number of rotatable bonds is 4. The van der Waals surface area contributed by atoms with Crippen molar-refractivity contribution >= 4 is 11.8 Å². The van der Waals surface area contributed by atoms with Crippen molar-refractivity contribution in [2.75, 3.05) is 4.90 Å². The fraction of sp³-hybridized carbons (Fsp3) is 0.440. The number of benzene rings is 2. The van der Waals surface area contributed by atoms with E-state index >= 15 is 0 Å². The largest absolute Gasteiger partial charge is 0.443 e. The Labute approximate surface area is 174 Å². The summed E-state index contributed by atoms with van der Waals surface area (Å²) < 4.78 is 5.62. The van der Waals surface area contributed by atoms with E-state index in [-0.39, 0.29) is 0 Å². The van der Waals surface area contributed by atoms with Crippen LogP contribution >= 0.6 is 0 Å². The molecule has 0 heterocycles. The smallest absolute Gasteiger partial charge is 0.415 e. The molecule has 0 N–H and O–H groups in total. The van der Waals surface area contributed by atoms with Gasteiger partial charge in [-0.15, -0.1) is 0 Å². The molecule has 0 bridgehead atoms. The highest BCUT2D eigenvalue weighted by Crippen LogP contribution is 2.33. The molecule has 4 nitrogen and oxygen atoms in total. The standard InChI is InChI=1S/C25H30N2O2/c1-25(2,3)29-24(28)27(23-15-11-19(17-26)12-16-23)18-20-9-13-22(14-10-20)21-7-5-4-6-8-21/h9-16,21H,4-8,18H2,1-3H3. The molecule has 0 atom stereocenters. The number of ether oxygens (including phenoxy) is 1.